The quantitative estimate of drug-likeness (QED) is 0.0784. The van der Waals surface area contributed by atoms with E-state index in [1.54, 1.807) is 12.1 Å². The number of hydrogen-bond donors (Lipinski definition) is 8. The first-order valence-corrected chi connectivity index (χ1v) is 11.6. The second-order valence-corrected chi connectivity index (χ2v) is 8.79. The van der Waals surface area contributed by atoms with Gasteiger partial charge in [-0.3, -0.25) is 19.4 Å². The van der Waals surface area contributed by atoms with Crippen molar-refractivity contribution in [2.75, 3.05) is 13.1 Å². The maximum absolute atomic E-state index is 13.0. The molecule has 11 N–H and O–H groups in total. The predicted molar refractivity (Wildman–Crippen MR) is 134 cm³/mol. The molecular weight excluding hydrogens is 470 g/mol. The van der Waals surface area contributed by atoms with Crippen molar-refractivity contribution in [2.45, 2.75) is 57.7 Å². The van der Waals surface area contributed by atoms with Gasteiger partial charge in [0.05, 0.1) is 12.6 Å². The highest BCUT2D eigenvalue weighted by Crippen LogP contribution is 2.12. The minimum atomic E-state index is -1.26. The minimum absolute atomic E-state index is 0.0129. The number of aliphatic imine (C=N–C) groups is 1. The summed E-state index contributed by atoms with van der Waals surface area (Å²) in [5, 5.41) is 26.4. The molecule has 13 nitrogen and oxygen atoms in total. The van der Waals surface area contributed by atoms with Gasteiger partial charge in [-0.15, -0.1) is 0 Å². The van der Waals surface area contributed by atoms with Crippen molar-refractivity contribution in [3.8, 4) is 5.75 Å². The Morgan fingerprint density at radius 2 is 1.64 bits per heavy atom. The predicted octanol–water partition coefficient (Wildman–Crippen LogP) is -1.47. The summed E-state index contributed by atoms with van der Waals surface area (Å²) in [7, 11) is 0. The van der Waals surface area contributed by atoms with Crippen molar-refractivity contribution in [1.82, 2.24) is 16.0 Å². The topological polar surface area (TPSA) is 235 Å². The molecule has 0 aromatic heterocycles. The van der Waals surface area contributed by atoms with Gasteiger partial charge in [-0.2, -0.15) is 0 Å². The highest BCUT2D eigenvalue weighted by molar-refractivity contribution is 5.92. The standard InChI is InChI=1S/C23H37N7O6/c1-13(2)10-16(24)20(33)28-12-19(32)29-18(11-14-5-7-15(31)8-6-14)21(34)30-17(22(35)36)4-3-9-27-23(25)26/h5-8,13,16-18,31H,3-4,9-12,24H2,1-2H3,(H,28,33)(H,29,32)(H,30,34)(H,35,36)(H4,25,26,27). The van der Waals surface area contributed by atoms with Gasteiger partial charge in [0.2, 0.25) is 17.7 Å². The highest BCUT2D eigenvalue weighted by Gasteiger charge is 2.27. The zero-order chi connectivity index (χ0) is 27.3. The lowest BCUT2D eigenvalue weighted by Gasteiger charge is -2.22. The fourth-order valence-corrected chi connectivity index (χ4v) is 3.27. The smallest absolute Gasteiger partial charge is 0.326 e. The molecule has 3 atom stereocenters. The van der Waals surface area contributed by atoms with E-state index in [1.165, 1.54) is 12.1 Å². The minimum Gasteiger partial charge on any atom is -0.508 e. The lowest BCUT2D eigenvalue weighted by molar-refractivity contribution is -0.142. The number of carbonyl (C=O) groups excluding carboxylic acids is 3. The summed E-state index contributed by atoms with van der Waals surface area (Å²) >= 11 is 0. The van der Waals surface area contributed by atoms with Crippen molar-refractivity contribution < 1.29 is 29.4 Å². The molecule has 36 heavy (non-hydrogen) atoms. The number of hydrogen-bond acceptors (Lipinski definition) is 7. The maximum Gasteiger partial charge on any atom is 0.326 e. The van der Waals surface area contributed by atoms with E-state index >= 15 is 0 Å². The van der Waals surface area contributed by atoms with Gasteiger partial charge in [0.1, 0.15) is 17.8 Å². The lowest BCUT2D eigenvalue weighted by Crippen LogP contribution is -2.54. The number of rotatable bonds is 15. The van der Waals surface area contributed by atoms with E-state index in [4.69, 9.17) is 17.2 Å². The molecule has 0 heterocycles. The van der Waals surface area contributed by atoms with E-state index in [0.717, 1.165) is 0 Å². The van der Waals surface area contributed by atoms with Crippen molar-refractivity contribution in [3.05, 3.63) is 29.8 Å². The molecule has 0 aliphatic rings. The third-order valence-corrected chi connectivity index (χ3v) is 5.07. The molecular formula is C23H37N7O6. The van der Waals surface area contributed by atoms with Crippen LogP contribution in [0.4, 0.5) is 0 Å². The summed E-state index contributed by atoms with van der Waals surface area (Å²) in [4.78, 5) is 53.0. The van der Waals surface area contributed by atoms with E-state index in [2.05, 4.69) is 20.9 Å². The largest absolute Gasteiger partial charge is 0.508 e. The van der Waals surface area contributed by atoms with Crippen LogP contribution in [-0.4, -0.2) is 71.1 Å². The Hall–Kier alpha value is -3.87. The fraction of sp³-hybridized carbons (Fsp3) is 0.522. The van der Waals surface area contributed by atoms with Gasteiger partial charge in [-0.25, -0.2) is 4.79 Å². The number of nitrogens with zero attached hydrogens (tertiary/aromatic N) is 1. The number of amides is 3. The number of nitrogens with one attached hydrogen (secondary N) is 3. The molecule has 0 fully saturated rings. The normalized spacial score (nSPS) is 13.2. The molecule has 3 unspecified atom stereocenters. The summed E-state index contributed by atoms with van der Waals surface area (Å²) in [5.74, 6) is -3.04. The molecule has 0 saturated heterocycles. The summed E-state index contributed by atoms with van der Waals surface area (Å²) in [6.07, 6.45) is 0.812. The number of carboxylic acid groups (broad SMARTS) is 1. The number of phenolic OH excluding ortho intramolecular Hbond substituents is 1. The fourth-order valence-electron chi connectivity index (χ4n) is 3.27. The molecule has 0 saturated carbocycles. The molecule has 1 rings (SSSR count). The number of nitrogens with two attached hydrogens (primary N) is 3. The number of carbonyl (C=O) groups is 4. The van der Waals surface area contributed by atoms with Crippen LogP contribution in [0.2, 0.25) is 0 Å². The summed E-state index contributed by atoms with van der Waals surface area (Å²) in [6.45, 7) is 3.61. The number of phenols is 1. The molecule has 13 heteroatoms. The molecule has 200 valence electrons. The Labute approximate surface area is 209 Å². The highest BCUT2D eigenvalue weighted by atomic mass is 16.4. The number of aromatic hydroxyl groups is 1. The molecule has 3 amide bonds. The molecule has 1 aromatic carbocycles. The number of carboxylic acids is 1. The molecule has 0 radical (unpaired) electrons. The summed E-state index contributed by atoms with van der Waals surface area (Å²) in [5.41, 5.74) is 16.9. The van der Waals surface area contributed by atoms with Crippen molar-refractivity contribution in [1.29, 1.82) is 0 Å². The van der Waals surface area contributed by atoms with Crippen molar-refractivity contribution in [2.24, 2.45) is 28.1 Å². The van der Waals surface area contributed by atoms with Gasteiger partial charge in [-0.05, 0) is 42.9 Å². The van der Waals surface area contributed by atoms with Crippen LogP contribution in [-0.2, 0) is 25.6 Å². The summed E-state index contributed by atoms with van der Waals surface area (Å²) < 4.78 is 0. The first kappa shape index (κ1) is 30.2. The van der Waals surface area contributed by atoms with Crippen molar-refractivity contribution in [3.63, 3.8) is 0 Å². The Bertz CT molecular complexity index is 916. The molecule has 0 aliphatic heterocycles. The molecule has 1 aromatic rings. The first-order valence-electron chi connectivity index (χ1n) is 11.6. The van der Waals surface area contributed by atoms with Gasteiger partial charge >= 0.3 is 5.97 Å². The maximum atomic E-state index is 13.0. The zero-order valence-corrected chi connectivity index (χ0v) is 20.6. The van der Waals surface area contributed by atoms with Gasteiger partial charge in [0, 0.05) is 13.0 Å². The van der Waals surface area contributed by atoms with Crippen LogP contribution in [0.1, 0.15) is 38.7 Å². The molecule has 0 spiro atoms. The van der Waals surface area contributed by atoms with Crippen LogP contribution in [0.15, 0.2) is 29.3 Å². The van der Waals surface area contributed by atoms with E-state index in [9.17, 15) is 29.4 Å². The van der Waals surface area contributed by atoms with E-state index < -0.39 is 48.4 Å². The van der Waals surface area contributed by atoms with Crippen LogP contribution < -0.4 is 33.2 Å². The SMILES string of the molecule is CC(C)CC(N)C(=O)NCC(=O)NC(Cc1ccc(O)cc1)C(=O)NC(CCCN=C(N)N)C(=O)O. The third kappa shape index (κ3) is 12.0. The number of benzene rings is 1. The van der Waals surface area contributed by atoms with Crippen LogP contribution in [0, 0.1) is 5.92 Å². The Balaban J connectivity index is 2.87. The van der Waals surface area contributed by atoms with Gasteiger partial charge in [-0.1, -0.05) is 26.0 Å². The lowest BCUT2D eigenvalue weighted by atomic mass is 10.0. The Morgan fingerprint density at radius 1 is 1.00 bits per heavy atom. The molecule has 0 bridgehead atoms. The third-order valence-electron chi connectivity index (χ3n) is 5.07. The second-order valence-electron chi connectivity index (χ2n) is 8.79. The van der Waals surface area contributed by atoms with Crippen LogP contribution in [0.25, 0.3) is 0 Å². The summed E-state index contributed by atoms with van der Waals surface area (Å²) in [6, 6.07) is 2.82. The van der Waals surface area contributed by atoms with Gasteiger partial charge in [0.25, 0.3) is 0 Å². The number of guanidine groups is 1. The van der Waals surface area contributed by atoms with Crippen LogP contribution in [0.5, 0.6) is 5.75 Å². The average Bonchev–Trinajstić information content (AvgIpc) is 2.79. The van der Waals surface area contributed by atoms with E-state index in [1.807, 2.05) is 13.8 Å². The number of aliphatic carboxylic acids is 1. The zero-order valence-electron chi connectivity index (χ0n) is 20.6. The van der Waals surface area contributed by atoms with Gasteiger partial charge < -0.3 is 43.4 Å². The van der Waals surface area contributed by atoms with Crippen molar-refractivity contribution >= 4 is 29.7 Å². The second kappa shape index (κ2) is 15.2. The monoisotopic (exact) mass is 507 g/mol. The molecule has 0 aliphatic carbocycles. The van der Waals surface area contributed by atoms with E-state index in [0.29, 0.717) is 18.4 Å². The van der Waals surface area contributed by atoms with Crippen LogP contribution in [0.3, 0.4) is 0 Å². The van der Waals surface area contributed by atoms with E-state index in [-0.39, 0.29) is 37.0 Å². The van der Waals surface area contributed by atoms with Gasteiger partial charge in [0.15, 0.2) is 5.96 Å². The van der Waals surface area contributed by atoms with Crippen LogP contribution >= 0.6 is 0 Å². The Kier molecular flexibility index (Phi) is 12.7. The Morgan fingerprint density at radius 3 is 2.19 bits per heavy atom. The first-order chi connectivity index (χ1) is 16.9. The average molecular weight is 508 g/mol.